The Labute approximate surface area is 250 Å². The van der Waals surface area contributed by atoms with E-state index >= 15 is 0 Å². The van der Waals surface area contributed by atoms with Crippen molar-refractivity contribution in [1.29, 1.82) is 0 Å². The number of nitrogens with one attached hydrogen (secondary N) is 2. The van der Waals surface area contributed by atoms with E-state index < -0.39 is 0 Å². The van der Waals surface area contributed by atoms with Gasteiger partial charge in [-0.2, -0.15) is 0 Å². The van der Waals surface area contributed by atoms with Gasteiger partial charge in [0.05, 0.1) is 56.1 Å². The fourth-order valence-corrected chi connectivity index (χ4v) is 5.73. The summed E-state index contributed by atoms with van der Waals surface area (Å²) in [4.78, 5) is 32.0. The van der Waals surface area contributed by atoms with Crippen molar-refractivity contribution >= 4 is 46.2 Å². The lowest BCUT2D eigenvalue weighted by atomic mass is 10.0. The summed E-state index contributed by atoms with van der Waals surface area (Å²) in [6, 6.07) is 13.9. The molecule has 2 N–H and O–H groups in total. The van der Waals surface area contributed by atoms with Gasteiger partial charge in [0.25, 0.3) is 0 Å². The summed E-state index contributed by atoms with van der Waals surface area (Å²) in [6.07, 6.45) is 3.55. The summed E-state index contributed by atoms with van der Waals surface area (Å²) >= 11 is 6.25. The van der Waals surface area contributed by atoms with Crippen LogP contribution in [0.25, 0.3) is 0 Å². The monoisotopic (exact) mass is 591 g/mol. The normalized spacial score (nSPS) is 19.3. The van der Waals surface area contributed by atoms with Gasteiger partial charge < -0.3 is 25.0 Å². The lowest BCUT2D eigenvalue weighted by Crippen LogP contribution is -2.56. The molecule has 11 nitrogen and oxygen atoms in total. The zero-order chi connectivity index (χ0) is 29.1. The summed E-state index contributed by atoms with van der Waals surface area (Å²) in [6.45, 7) is 9.26. The maximum absolute atomic E-state index is 12.4. The molecule has 3 aliphatic rings. The zero-order valence-electron chi connectivity index (χ0n) is 23.5. The fourth-order valence-electron chi connectivity index (χ4n) is 5.53. The van der Waals surface area contributed by atoms with Crippen LogP contribution in [0.4, 0.5) is 28.7 Å². The number of amides is 1. The van der Waals surface area contributed by atoms with Crippen LogP contribution < -0.4 is 25.3 Å². The maximum atomic E-state index is 12.4. The number of ether oxygens (including phenoxy) is 2. The standard InChI is InChI=1S/C30H34ClN7O4/c1-3-30(39)35-23-14-24(27(40-2)15-26(23)37-10-8-36(9-11-37)22-17-41-18-22)34-28-16-29(33-19-32-28)38-25(7-12-42-38)20-5-4-6-21(31)13-20/h3-6,13-16,19,22,25H,1,7-12,17-18H2,2H3,(H,35,39)(H,32,33,34)/t25-/m1/s1. The lowest BCUT2D eigenvalue weighted by Gasteiger charge is -2.43. The molecule has 0 bridgehead atoms. The average molecular weight is 592 g/mol. The minimum Gasteiger partial charge on any atom is -0.494 e. The Hall–Kier alpha value is -3.90. The Morgan fingerprint density at radius 1 is 1.12 bits per heavy atom. The molecule has 3 aromatic rings. The Bertz CT molecular complexity index is 1440. The highest BCUT2D eigenvalue weighted by molar-refractivity contribution is 6.30. The first-order chi connectivity index (χ1) is 20.5. The van der Waals surface area contributed by atoms with Gasteiger partial charge in [0.2, 0.25) is 5.91 Å². The second-order valence-corrected chi connectivity index (χ2v) is 10.8. The summed E-state index contributed by atoms with van der Waals surface area (Å²) in [5.74, 6) is 1.48. The largest absolute Gasteiger partial charge is 0.494 e. The second-order valence-electron chi connectivity index (χ2n) is 10.4. The molecular weight excluding hydrogens is 558 g/mol. The van der Waals surface area contributed by atoms with Crippen molar-refractivity contribution in [2.24, 2.45) is 0 Å². The molecule has 4 heterocycles. The Morgan fingerprint density at radius 3 is 2.67 bits per heavy atom. The first-order valence-corrected chi connectivity index (χ1v) is 14.4. The number of nitrogens with zero attached hydrogens (tertiary/aromatic N) is 5. The molecule has 12 heteroatoms. The van der Waals surface area contributed by atoms with Crippen LogP contribution in [-0.4, -0.2) is 79.9 Å². The van der Waals surface area contributed by atoms with E-state index in [4.69, 9.17) is 25.9 Å². The highest BCUT2D eigenvalue weighted by atomic mass is 35.5. The zero-order valence-corrected chi connectivity index (χ0v) is 24.2. The van der Waals surface area contributed by atoms with Crippen LogP contribution >= 0.6 is 11.6 Å². The molecule has 2 aromatic carbocycles. The van der Waals surface area contributed by atoms with Crippen LogP contribution in [0.15, 0.2) is 61.4 Å². The Morgan fingerprint density at radius 2 is 1.95 bits per heavy atom. The van der Waals surface area contributed by atoms with Crippen molar-refractivity contribution in [2.75, 3.05) is 73.7 Å². The van der Waals surface area contributed by atoms with Crippen molar-refractivity contribution in [2.45, 2.75) is 18.5 Å². The second kappa shape index (κ2) is 12.5. The quantitative estimate of drug-likeness (QED) is 0.348. The molecular formula is C30H34ClN7O4. The third-order valence-electron chi connectivity index (χ3n) is 7.83. The van der Waals surface area contributed by atoms with Crippen LogP contribution in [0.1, 0.15) is 18.0 Å². The number of benzene rings is 2. The minimum absolute atomic E-state index is 0.0294. The number of aromatic nitrogens is 2. The molecule has 42 heavy (non-hydrogen) atoms. The van der Waals surface area contributed by atoms with Gasteiger partial charge in [-0.25, -0.2) is 15.0 Å². The molecule has 0 radical (unpaired) electrons. The molecule has 1 aromatic heterocycles. The topological polar surface area (TPSA) is 104 Å². The molecule has 1 amide bonds. The number of piperazine rings is 1. The number of methoxy groups -OCH3 is 1. The van der Waals surface area contributed by atoms with Crippen molar-refractivity contribution in [3.63, 3.8) is 0 Å². The molecule has 0 aliphatic carbocycles. The van der Waals surface area contributed by atoms with Crippen molar-refractivity contribution in [3.05, 3.63) is 72.0 Å². The van der Waals surface area contributed by atoms with E-state index in [2.05, 4.69) is 37.0 Å². The van der Waals surface area contributed by atoms with E-state index in [1.165, 1.54) is 12.4 Å². The van der Waals surface area contributed by atoms with Crippen LogP contribution in [0.3, 0.4) is 0 Å². The maximum Gasteiger partial charge on any atom is 0.247 e. The van der Waals surface area contributed by atoms with E-state index in [0.717, 1.165) is 57.1 Å². The van der Waals surface area contributed by atoms with Gasteiger partial charge in [-0.15, -0.1) is 0 Å². The van der Waals surface area contributed by atoms with Gasteiger partial charge in [0, 0.05) is 49.8 Å². The van der Waals surface area contributed by atoms with Gasteiger partial charge >= 0.3 is 0 Å². The van der Waals surface area contributed by atoms with E-state index in [1.807, 2.05) is 42.5 Å². The number of hydrogen-bond donors (Lipinski definition) is 2. The van der Waals surface area contributed by atoms with Crippen molar-refractivity contribution in [1.82, 2.24) is 14.9 Å². The SMILES string of the molecule is C=CC(=O)Nc1cc(Nc2cc(N3OCC[C@@H]3c3cccc(Cl)c3)ncn2)c(OC)cc1N1CCN(C2COC2)CC1. The van der Waals surface area contributed by atoms with Gasteiger partial charge in [-0.1, -0.05) is 30.3 Å². The molecule has 0 unspecified atom stereocenters. The number of halogens is 1. The van der Waals surface area contributed by atoms with Crippen molar-refractivity contribution < 1.29 is 19.1 Å². The molecule has 3 aliphatic heterocycles. The van der Waals surface area contributed by atoms with E-state index in [9.17, 15) is 4.79 Å². The smallest absolute Gasteiger partial charge is 0.247 e. The van der Waals surface area contributed by atoms with E-state index in [0.29, 0.717) is 46.4 Å². The Balaban J connectivity index is 1.25. The molecule has 0 spiro atoms. The fraction of sp³-hybridized carbons (Fsp3) is 0.367. The van der Waals surface area contributed by atoms with Crippen LogP contribution in [0.2, 0.25) is 5.02 Å². The molecule has 1 atom stereocenters. The summed E-state index contributed by atoms with van der Waals surface area (Å²) in [7, 11) is 1.62. The highest BCUT2D eigenvalue weighted by Gasteiger charge is 2.31. The number of hydrogen-bond acceptors (Lipinski definition) is 10. The first-order valence-electron chi connectivity index (χ1n) is 14.0. The molecule has 0 saturated carbocycles. The lowest BCUT2D eigenvalue weighted by molar-refractivity contribution is -0.111. The third kappa shape index (κ3) is 6.00. The first kappa shape index (κ1) is 28.2. The minimum atomic E-state index is -0.291. The summed E-state index contributed by atoms with van der Waals surface area (Å²) < 4.78 is 11.2. The molecule has 220 valence electrons. The van der Waals surface area contributed by atoms with Crippen molar-refractivity contribution in [3.8, 4) is 5.75 Å². The molecule has 3 fully saturated rings. The molecule has 6 rings (SSSR count). The van der Waals surface area contributed by atoms with Crippen LogP contribution in [-0.2, 0) is 14.4 Å². The van der Waals surface area contributed by atoms with Gasteiger partial charge in [-0.3, -0.25) is 14.5 Å². The van der Waals surface area contributed by atoms with Gasteiger partial charge in [0.1, 0.15) is 17.9 Å². The van der Waals surface area contributed by atoms with E-state index in [-0.39, 0.29) is 11.9 Å². The predicted octanol–water partition coefficient (Wildman–Crippen LogP) is 4.41. The third-order valence-corrected chi connectivity index (χ3v) is 8.07. The molecule has 3 saturated heterocycles. The number of rotatable bonds is 9. The number of anilines is 5. The number of carbonyl (C=O) groups is 1. The van der Waals surface area contributed by atoms with E-state index in [1.54, 1.807) is 12.2 Å². The summed E-state index contributed by atoms with van der Waals surface area (Å²) in [5, 5.41) is 8.80. The van der Waals surface area contributed by atoms with Crippen LogP contribution in [0, 0.1) is 0 Å². The predicted molar refractivity (Wildman–Crippen MR) is 163 cm³/mol. The number of hydroxylamine groups is 1. The van der Waals surface area contributed by atoms with Gasteiger partial charge in [0.15, 0.2) is 5.82 Å². The summed E-state index contributed by atoms with van der Waals surface area (Å²) in [5.41, 5.74) is 3.23. The van der Waals surface area contributed by atoms with Gasteiger partial charge in [-0.05, 0) is 29.8 Å². The average Bonchev–Trinajstić information content (AvgIpc) is 3.47. The van der Waals surface area contributed by atoms with Crippen LogP contribution in [0.5, 0.6) is 5.75 Å². The highest BCUT2D eigenvalue weighted by Crippen LogP contribution is 2.40. The number of carbonyl (C=O) groups excluding carboxylic acids is 1. The Kier molecular flexibility index (Phi) is 8.43.